The normalized spacial score (nSPS) is 14.6. The second-order valence-electron chi connectivity index (χ2n) is 6.77. The van der Waals surface area contributed by atoms with Crippen LogP contribution in [0, 0.1) is 6.07 Å². The maximum atomic E-state index is 13.2. The number of hydrogen-bond acceptors (Lipinski definition) is 3. The molecule has 1 aliphatic carbocycles. The second-order valence-corrected chi connectivity index (χ2v) is 8.62. The minimum Gasteiger partial charge on any atom is -0.296 e. The summed E-state index contributed by atoms with van der Waals surface area (Å²) in [7, 11) is -3.59. The molecule has 0 fully saturated rings. The van der Waals surface area contributed by atoms with Crippen LogP contribution in [-0.4, -0.2) is 13.4 Å². The Morgan fingerprint density at radius 2 is 1.68 bits per heavy atom. The summed E-state index contributed by atoms with van der Waals surface area (Å²) in [6, 6.07) is 21.8. The Morgan fingerprint density at radius 3 is 2.57 bits per heavy atom. The van der Waals surface area contributed by atoms with Gasteiger partial charge >= 0.3 is 0 Å². The molecule has 6 rings (SSSR count). The van der Waals surface area contributed by atoms with Crippen molar-refractivity contribution in [1.82, 2.24) is 4.98 Å². The Balaban J connectivity index is 0.00000171. The largest absolute Gasteiger partial charge is 0.296 e. The van der Waals surface area contributed by atoms with E-state index in [2.05, 4.69) is 24.3 Å². The molecule has 28 heavy (non-hydrogen) atoms. The van der Waals surface area contributed by atoms with E-state index in [-0.39, 0.29) is 20.1 Å². The molecule has 1 aromatic heterocycles. The van der Waals surface area contributed by atoms with Crippen LogP contribution in [0.5, 0.6) is 0 Å². The molecule has 2 heterocycles. The van der Waals surface area contributed by atoms with Gasteiger partial charge in [-0.3, -0.25) is 4.98 Å². The molecular weight excluding hydrogens is 547 g/mol. The number of nitrogens with zero attached hydrogens (tertiary/aromatic N) is 1. The molecule has 3 aromatic carbocycles. The van der Waals surface area contributed by atoms with Gasteiger partial charge in [-0.2, -0.15) is 0 Å². The fraction of sp³-hybridized carbons (Fsp3) is 0. The van der Waals surface area contributed by atoms with Crippen molar-refractivity contribution in [2.24, 2.45) is 0 Å². The molecule has 0 spiro atoms. The van der Waals surface area contributed by atoms with Gasteiger partial charge in [-0.05, 0) is 39.4 Å². The van der Waals surface area contributed by atoms with Gasteiger partial charge < -0.3 is 0 Å². The Kier molecular flexibility index (Phi) is 3.72. The topological polar surface area (TPSA) is 47.0 Å². The van der Waals surface area contributed by atoms with E-state index in [1.165, 1.54) is 0 Å². The van der Waals surface area contributed by atoms with Crippen LogP contribution in [0.25, 0.3) is 45.4 Å². The molecule has 0 saturated heterocycles. The van der Waals surface area contributed by atoms with Crippen LogP contribution in [0.1, 0.15) is 11.1 Å². The Labute approximate surface area is 176 Å². The van der Waals surface area contributed by atoms with Crippen LogP contribution in [0.4, 0.5) is 0 Å². The molecule has 2 aliphatic rings. The molecule has 0 N–H and O–H groups in total. The number of rotatable bonds is 1. The van der Waals surface area contributed by atoms with Gasteiger partial charge in [-0.25, -0.2) is 8.42 Å². The summed E-state index contributed by atoms with van der Waals surface area (Å²) in [4.78, 5) is 5.44. The SMILES string of the molecule is O=S1(=O)c2ccccc2-c2cc[c-]c(-c3cc4c5c(cccc5n3)C=C4)c21.[Ir]. The average molecular weight is 559 g/mol. The maximum absolute atomic E-state index is 13.2. The first kappa shape index (κ1) is 17.5. The molecule has 5 heteroatoms. The second kappa shape index (κ2) is 5.95. The van der Waals surface area contributed by atoms with Gasteiger partial charge in [0.1, 0.15) is 0 Å². The number of pyridine rings is 1. The average Bonchev–Trinajstić information content (AvgIpc) is 3.21. The molecule has 0 amide bonds. The van der Waals surface area contributed by atoms with Gasteiger partial charge in [0.15, 0.2) is 9.84 Å². The van der Waals surface area contributed by atoms with E-state index in [9.17, 15) is 8.42 Å². The molecule has 0 unspecified atom stereocenters. The minimum absolute atomic E-state index is 0. The third-order valence-electron chi connectivity index (χ3n) is 5.28. The van der Waals surface area contributed by atoms with Crippen LogP contribution in [0.2, 0.25) is 0 Å². The summed E-state index contributed by atoms with van der Waals surface area (Å²) in [5, 5.41) is 1.11. The van der Waals surface area contributed by atoms with Crippen LogP contribution in [-0.2, 0) is 29.9 Å². The van der Waals surface area contributed by atoms with Crippen molar-refractivity contribution in [3.8, 4) is 22.4 Å². The predicted molar refractivity (Wildman–Crippen MR) is 106 cm³/mol. The van der Waals surface area contributed by atoms with Crippen LogP contribution in [0.15, 0.2) is 70.5 Å². The maximum Gasteiger partial charge on any atom is 0.173 e. The summed E-state index contributed by atoms with van der Waals surface area (Å²) in [5.74, 6) is 0. The van der Waals surface area contributed by atoms with Crippen molar-refractivity contribution in [1.29, 1.82) is 0 Å². The molecule has 1 aliphatic heterocycles. The van der Waals surface area contributed by atoms with Crippen molar-refractivity contribution < 1.29 is 28.5 Å². The van der Waals surface area contributed by atoms with Crippen molar-refractivity contribution in [3.63, 3.8) is 0 Å². The monoisotopic (exact) mass is 559 g/mol. The van der Waals surface area contributed by atoms with Gasteiger partial charge in [0, 0.05) is 25.5 Å². The first-order valence-electron chi connectivity index (χ1n) is 8.66. The molecule has 0 atom stereocenters. The van der Waals surface area contributed by atoms with E-state index >= 15 is 0 Å². The molecule has 1 radical (unpaired) electrons. The van der Waals surface area contributed by atoms with Gasteiger partial charge in [-0.15, -0.1) is 23.8 Å². The Morgan fingerprint density at radius 1 is 0.857 bits per heavy atom. The molecular formula is C23H12IrNO2S-. The van der Waals surface area contributed by atoms with E-state index in [0.717, 1.165) is 33.2 Å². The zero-order valence-electron chi connectivity index (χ0n) is 14.4. The quantitative estimate of drug-likeness (QED) is 0.267. The molecule has 137 valence electrons. The van der Waals surface area contributed by atoms with Crippen LogP contribution >= 0.6 is 0 Å². The number of benzene rings is 3. The number of sulfone groups is 1. The van der Waals surface area contributed by atoms with Gasteiger partial charge in [-0.1, -0.05) is 54.1 Å². The van der Waals surface area contributed by atoms with Crippen LogP contribution in [0.3, 0.4) is 0 Å². The summed E-state index contributed by atoms with van der Waals surface area (Å²) < 4.78 is 26.5. The number of fused-ring (bicyclic) bond motifs is 3. The fourth-order valence-electron chi connectivity index (χ4n) is 4.12. The van der Waals surface area contributed by atoms with Crippen molar-refractivity contribution >= 4 is 32.9 Å². The summed E-state index contributed by atoms with van der Waals surface area (Å²) in [6.07, 6.45) is 4.12. The van der Waals surface area contributed by atoms with E-state index in [1.54, 1.807) is 18.2 Å². The van der Waals surface area contributed by atoms with Crippen molar-refractivity contribution in [2.45, 2.75) is 9.79 Å². The van der Waals surface area contributed by atoms with E-state index in [1.807, 2.05) is 36.4 Å². The first-order valence-corrected chi connectivity index (χ1v) is 10.1. The van der Waals surface area contributed by atoms with E-state index in [4.69, 9.17) is 4.98 Å². The van der Waals surface area contributed by atoms with Crippen molar-refractivity contribution in [2.75, 3.05) is 0 Å². The smallest absolute Gasteiger partial charge is 0.173 e. The van der Waals surface area contributed by atoms with Gasteiger partial charge in [0.05, 0.1) is 10.4 Å². The number of hydrogen-bond donors (Lipinski definition) is 0. The summed E-state index contributed by atoms with van der Waals surface area (Å²) in [5.41, 5.74) is 5.71. The van der Waals surface area contributed by atoms with Crippen LogP contribution < -0.4 is 0 Å². The zero-order valence-corrected chi connectivity index (χ0v) is 17.6. The minimum atomic E-state index is -3.59. The third kappa shape index (κ3) is 2.18. The standard InChI is InChI=1S/C23H12NO2S.Ir/c25-27(26)21-10-2-1-6-16(21)17-7-4-8-18(23(17)27)20-13-15-12-11-14-5-3-9-19(24-20)22(14)15;/h1-7,9-13H;/q-1;. The summed E-state index contributed by atoms with van der Waals surface area (Å²) >= 11 is 0. The number of aromatic nitrogens is 1. The third-order valence-corrected chi connectivity index (χ3v) is 7.18. The predicted octanol–water partition coefficient (Wildman–Crippen LogP) is 5.00. The Hall–Kier alpha value is -2.59. The fourth-order valence-corrected chi connectivity index (χ4v) is 5.97. The van der Waals surface area contributed by atoms with Gasteiger partial charge in [0.25, 0.3) is 0 Å². The molecule has 3 nitrogen and oxygen atoms in total. The first-order chi connectivity index (χ1) is 13.1. The van der Waals surface area contributed by atoms with Gasteiger partial charge in [0.2, 0.25) is 0 Å². The zero-order chi connectivity index (χ0) is 18.2. The van der Waals surface area contributed by atoms with E-state index in [0.29, 0.717) is 21.0 Å². The van der Waals surface area contributed by atoms with E-state index < -0.39 is 9.84 Å². The molecule has 0 bridgehead atoms. The molecule has 4 aromatic rings. The Bertz CT molecular complexity index is 1440. The summed E-state index contributed by atoms with van der Waals surface area (Å²) in [6.45, 7) is 0. The molecule has 0 saturated carbocycles. The van der Waals surface area contributed by atoms with Crippen molar-refractivity contribution in [3.05, 3.63) is 77.9 Å².